The van der Waals surface area contributed by atoms with Gasteiger partial charge in [-0.05, 0) is 55.7 Å². The maximum Gasteiger partial charge on any atom is 0.253 e. The fraction of sp³-hybridized carbons (Fsp3) is 0.400. The average Bonchev–Trinajstić information content (AvgIpc) is 3.09. The van der Waals surface area contributed by atoms with E-state index in [2.05, 4.69) is 4.98 Å². The molecule has 1 aliphatic heterocycles. The van der Waals surface area contributed by atoms with Crippen LogP contribution in [0.3, 0.4) is 0 Å². The summed E-state index contributed by atoms with van der Waals surface area (Å²) in [4.78, 5) is 18.6. The Labute approximate surface area is 171 Å². The van der Waals surface area contributed by atoms with Gasteiger partial charge in [-0.3, -0.25) is 9.78 Å². The van der Waals surface area contributed by atoms with Crippen LogP contribution in [0.1, 0.15) is 29.3 Å². The number of amides is 1. The molecular formula is C20H24N2O5S2. The second kappa shape index (κ2) is 8.62. The van der Waals surface area contributed by atoms with Crippen LogP contribution in [0.2, 0.25) is 0 Å². The topological polar surface area (TPSA) is 101 Å². The van der Waals surface area contributed by atoms with Crippen LogP contribution < -0.4 is 0 Å². The highest BCUT2D eigenvalue weighted by Gasteiger charge is 2.38. The van der Waals surface area contributed by atoms with Crippen molar-refractivity contribution in [2.75, 3.05) is 24.6 Å². The van der Waals surface area contributed by atoms with Gasteiger partial charge in [-0.25, -0.2) is 16.8 Å². The van der Waals surface area contributed by atoms with Crippen molar-refractivity contribution in [1.82, 2.24) is 9.88 Å². The molecule has 1 aliphatic rings. The Kier molecular flexibility index (Phi) is 6.38. The molecule has 3 rings (SSSR count). The van der Waals surface area contributed by atoms with Crippen molar-refractivity contribution in [3.05, 3.63) is 59.9 Å². The van der Waals surface area contributed by atoms with Gasteiger partial charge in [-0.1, -0.05) is 6.07 Å². The van der Waals surface area contributed by atoms with Crippen LogP contribution in [0, 0.1) is 0 Å². The van der Waals surface area contributed by atoms with Gasteiger partial charge in [0.1, 0.15) is 0 Å². The number of hydrogen-bond donors (Lipinski definition) is 0. The lowest BCUT2D eigenvalue weighted by atomic mass is 10.1. The number of carbonyl (C=O) groups is 1. The van der Waals surface area contributed by atoms with E-state index in [1.165, 1.54) is 18.2 Å². The number of benzene rings is 1. The summed E-state index contributed by atoms with van der Waals surface area (Å²) in [5.74, 6) is -0.730. The highest BCUT2D eigenvalue weighted by atomic mass is 32.2. The van der Waals surface area contributed by atoms with Crippen LogP contribution in [0.25, 0.3) is 0 Å². The summed E-state index contributed by atoms with van der Waals surface area (Å²) in [6.07, 6.45) is 4.16. The molecule has 0 radical (unpaired) electrons. The smallest absolute Gasteiger partial charge is 0.253 e. The zero-order valence-electron chi connectivity index (χ0n) is 16.2. The number of nitrogens with zero attached hydrogens (tertiary/aromatic N) is 2. The van der Waals surface area contributed by atoms with Gasteiger partial charge in [0.25, 0.3) is 5.91 Å². The van der Waals surface area contributed by atoms with E-state index in [9.17, 15) is 21.6 Å². The Hall–Kier alpha value is -2.26. The van der Waals surface area contributed by atoms with Crippen LogP contribution in [-0.4, -0.2) is 62.5 Å². The van der Waals surface area contributed by atoms with Crippen LogP contribution >= 0.6 is 0 Å². The zero-order valence-corrected chi connectivity index (χ0v) is 17.8. The van der Waals surface area contributed by atoms with Crippen molar-refractivity contribution in [2.24, 2.45) is 0 Å². The summed E-state index contributed by atoms with van der Waals surface area (Å²) >= 11 is 0. The number of pyridine rings is 1. The first-order chi connectivity index (χ1) is 13.7. The minimum atomic E-state index is -3.81. The molecule has 1 aromatic heterocycles. The molecule has 1 atom stereocenters. The number of sulfone groups is 2. The molecule has 156 valence electrons. The lowest BCUT2D eigenvalue weighted by molar-refractivity contribution is 0.0766. The molecule has 1 saturated heterocycles. The maximum atomic E-state index is 12.9. The first-order valence-corrected chi connectivity index (χ1v) is 12.8. The highest BCUT2D eigenvalue weighted by molar-refractivity contribution is 7.96. The predicted molar refractivity (Wildman–Crippen MR) is 110 cm³/mol. The van der Waals surface area contributed by atoms with E-state index >= 15 is 0 Å². The molecule has 1 fully saturated rings. The Morgan fingerprint density at radius 3 is 2.55 bits per heavy atom. The quantitative estimate of drug-likeness (QED) is 0.655. The van der Waals surface area contributed by atoms with E-state index in [0.717, 1.165) is 5.56 Å². The van der Waals surface area contributed by atoms with Gasteiger partial charge < -0.3 is 4.90 Å². The van der Waals surface area contributed by atoms with Gasteiger partial charge >= 0.3 is 0 Å². The molecule has 7 nitrogen and oxygen atoms in total. The van der Waals surface area contributed by atoms with Gasteiger partial charge in [0, 0.05) is 31.0 Å². The summed E-state index contributed by atoms with van der Waals surface area (Å²) in [6.45, 7) is 2.85. The van der Waals surface area contributed by atoms with Gasteiger partial charge in [-0.2, -0.15) is 0 Å². The number of rotatable bonds is 7. The van der Waals surface area contributed by atoms with Crippen molar-refractivity contribution >= 4 is 25.6 Å². The molecule has 9 heteroatoms. The molecule has 0 saturated carbocycles. The van der Waals surface area contributed by atoms with E-state index in [4.69, 9.17) is 0 Å². The minimum absolute atomic E-state index is 0.00404. The molecule has 0 bridgehead atoms. The Morgan fingerprint density at radius 1 is 1.21 bits per heavy atom. The van der Waals surface area contributed by atoms with E-state index < -0.39 is 24.9 Å². The average molecular weight is 437 g/mol. The molecule has 0 N–H and O–H groups in total. The minimum Gasteiger partial charge on any atom is -0.339 e. The second-order valence-electron chi connectivity index (χ2n) is 7.09. The van der Waals surface area contributed by atoms with E-state index in [0.29, 0.717) is 19.5 Å². The number of hydrogen-bond acceptors (Lipinski definition) is 6. The highest BCUT2D eigenvalue weighted by Crippen LogP contribution is 2.26. The van der Waals surface area contributed by atoms with Crippen LogP contribution in [0.5, 0.6) is 0 Å². The third kappa shape index (κ3) is 5.02. The molecular weight excluding hydrogens is 412 g/mol. The largest absolute Gasteiger partial charge is 0.339 e. The van der Waals surface area contributed by atoms with Gasteiger partial charge in [0.2, 0.25) is 0 Å². The number of aromatic nitrogens is 1. The SMILES string of the molecule is CCN(CCc1ccncc1)C(=O)c1cccc(S(=O)(=O)C2CCS(=O)(=O)C2)c1. The molecule has 1 aromatic carbocycles. The molecule has 1 amide bonds. The fourth-order valence-corrected chi connectivity index (χ4v) is 7.81. The Balaban J connectivity index is 1.77. The summed E-state index contributed by atoms with van der Waals surface area (Å²) in [7, 11) is -7.13. The standard InChI is InChI=1S/C20H24N2O5S2/c1-2-22(12-8-16-6-10-21-11-7-16)20(23)17-4-3-5-18(14-17)29(26,27)19-9-13-28(24,25)15-19/h3-7,10-11,14,19H,2,8-9,12-13,15H2,1H3. The van der Waals surface area contributed by atoms with Crippen LogP contribution in [0.15, 0.2) is 53.7 Å². The van der Waals surface area contributed by atoms with E-state index in [1.807, 2.05) is 19.1 Å². The molecule has 2 aromatic rings. The number of carbonyl (C=O) groups excluding carboxylic acids is 1. The van der Waals surface area contributed by atoms with E-state index in [1.54, 1.807) is 23.4 Å². The summed E-state index contributed by atoms with van der Waals surface area (Å²) in [6, 6.07) is 9.67. The monoisotopic (exact) mass is 436 g/mol. The van der Waals surface area contributed by atoms with Crippen molar-refractivity contribution in [3.63, 3.8) is 0 Å². The van der Waals surface area contributed by atoms with Crippen molar-refractivity contribution in [3.8, 4) is 0 Å². The first kappa shape index (κ1) is 21.4. The second-order valence-corrected chi connectivity index (χ2v) is 11.5. The van der Waals surface area contributed by atoms with Crippen molar-refractivity contribution in [1.29, 1.82) is 0 Å². The van der Waals surface area contributed by atoms with Crippen molar-refractivity contribution in [2.45, 2.75) is 29.9 Å². The normalized spacial score (nSPS) is 18.4. The first-order valence-electron chi connectivity index (χ1n) is 9.45. The van der Waals surface area contributed by atoms with Crippen molar-refractivity contribution < 1.29 is 21.6 Å². The fourth-order valence-electron chi connectivity index (χ4n) is 3.40. The predicted octanol–water partition coefficient (Wildman–Crippen LogP) is 1.75. The zero-order chi connectivity index (χ0) is 21.1. The summed E-state index contributed by atoms with van der Waals surface area (Å²) in [5, 5.41) is -0.952. The summed E-state index contributed by atoms with van der Waals surface area (Å²) < 4.78 is 49.1. The molecule has 0 spiro atoms. The summed E-state index contributed by atoms with van der Waals surface area (Å²) in [5.41, 5.74) is 1.34. The van der Waals surface area contributed by atoms with Crippen LogP contribution in [-0.2, 0) is 26.1 Å². The Bertz CT molecular complexity index is 1080. The number of likely N-dealkylation sites (N-methyl/N-ethyl adjacent to an activating group) is 1. The lowest BCUT2D eigenvalue weighted by Gasteiger charge is -2.21. The van der Waals surface area contributed by atoms with Gasteiger partial charge in [0.15, 0.2) is 19.7 Å². The molecule has 29 heavy (non-hydrogen) atoms. The van der Waals surface area contributed by atoms with E-state index in [-0.39, 0.29) is 34.3 Å². The third-order valence-electron chi connectivity index (χ3n) is 5.13. The molecule has 2 heterocycles. The van der Waals surface area contributed by atoms with Gasteiger partial charge in [-0.15, -0.1) is 0 Å². The Morgan fingerprint density at radius 2 is 1.93 bits per heavy atom. The van der Waals surface area contributed by atoms with Crippen LogP contribution in [0.4, 0.5) is 0 Å². The maximum absolute atomic E-state index is 12.9. The molecule has 0 aliphatic carbocycles. The molecule has 1 unspecified atom stereocenters. The third-order valence-corrected chi connectivity index (χ3v) is 9.30. The van der Waals surface area contributed by atoms with Gasteiger partial charge in [0.05, 0.1) is 21.7 Å². The lowest BCUT2D eigenvalue weighted by Crippen LogP contribution is -2.33.